The van der Waals surface area contributed by atoms with Crippen LogP contribution in [0.2, 0.25) is 0 Å². The SMILES string of the molecule is CCCC(CCC)N(C(=O)CN1C[C@H](c2ccc3c(c2)CCO3)[C@@H](C(=O)O)[C@@H]1CN1CCCC1=O)c1ccc(F)c(C)c1. The zero-order chi connectivity index (χ0) is 30.7. The summed E-state index contributed by atoms with van der Waals surface area (Å²) < 4.78 is 20.0. The van der Waals surface area contributed by atoms with Gasteiger partial charge in [0, 0.05) is 56.2 Å². The van der Waals surface area contributed by atoms with Crippen LogP contribution in [0.1, 0.15) is 75.0 Å². The van der Waals surface area contributed by atoms with Gasteiger partial charge in [-0.2, -0.15) is 0 Å². The molecule has 0 saturated carbocycles. The molecule has 43 heavy (non-hydrogen) atoms. The molecule has 3 aliphatic rings. The van der Waals surface area contributed by atoms with Gasteiger partial charge in [0.15, 0.2) is 0 Å². The molecular formula is C34H44FN3O5. The predicted molar refractivity (Wildman–Crippen MR) is 163 cm³/mol. The normalized spacial score (nSPS) is 21.8. The monoisotopic (exact) mass is 593 g/mol. The average molecular weight is 594 g/mol. The fourth-order valence-corrected chi connectivity index (χ4v) is 7.27. The van der Waals surface area contributed by atoms with Gasteiger partial charge in [-0.1, -0.05) is 38.8 Å². The van der Waals surface area contributed by atoms with E-state index in [0.29, 0.717) is 37.4 Å². The number of fused-ring (bicyclic) bond motifs is 1. The number of anilines is 1. The number of hydrogen-bond acceptors (Lipinski definition) is 5. The molecule has 2 amide bonds. The number of hydrogen-bond donors (Lipinski definition) is 1. The van der Waals surface area contributed by atoms with E-state index in [4.69, 9.17) is 4.74 Å². The molecule has 1 N–H and O–H groups in total. The Morgan fingerprint density at radius 2 is 1.88 bits per heavy atom. The van der Waals surface area contributed by atoms with E-state index in [1.54, 1.807) is 24.0 Å². The second-order valence-corrected chi connectivity index (χ2v) is 12.3. The number of ether oxygens (including phenoxy) is 1. The molecule has 0 spiro atoms. The quantitative estimate of drug-likeness (QED) is 0.366. The third-order valence-electron chi connectivity index (χ3n) is 9.39. The van der Waals surface area contributed by atoms with Crippen molar-refractivity contribution < 1.29 is 28.6 Å². The minimum atomic E-state index is -0.922. The van der Waals surface area contributed by atoms with E-state index < -0.39 is 17.9 Å². The van der Waals surface area contributed by atoms with Crippen molar-refractivity contribution in [3.63, 3.8) is 0 Å². The molecule has 0 bridgehead atoms. The van der Waals surface area contributed by atoms with Crippen LogP contribution < -0.4 is 9.64 Å². The number of likely N-dealkylation sites (tertiary alicyclic amines) is 2. The van der Waals surface area contributed by atoms with Crippen LogP contribution in [0.5, 0.6) is 5.75 Å². The van der Waals surface area contributed by atoms with Gasteiger partial charge in [0.1, 0.15) is 11.6 Å². The summed E-state index contributed by atoms with van der Waals surface area (Å²) in [4.78, 5) is 45.5. The number of carboxylic acid groups (broad SMARTS) is 1. The summed E-state index contributed by atoms with van der Waals surface area (Å²) in [5.74, 6) is -1.64. The van der Waals surface area contributed by atoms with E-state index in [1.807, 2.05) is 21.9 Å². The van der Waals surface area contributed by atoms with Crippen LogP contribution in [0.4, 0.5) is 10.1 Å². The second-order valence-electron chi connectivity index (χ2n) is 12.3. The molecular weight excluding hydrogens is 549 g/mol. The molecule has 5 rings (SSSR count). The van der Waals surface area contributed by atoms with Gasteiger partial charge in [-0.25, -0.2) is 4.39 Å². The van der Waals surface area contributed by atoms with Gasteiger partial charge >= 0.3 is 5.97 Å². The van der Waals surface area contributed by atoms with Gasteiger partial charge in [0.25, 0.3) is 0 Å². The number of aryl methyl sites for hydroxylation is 1. The molecule has 0 radical (unpaired) electrons. The first-order chi connectivity index (χ1) is 20.7. The Labute approximate surface area is 253 Å². The number of benzene rings is 2. The zero-order valence-electron chi connectivity index (χ0n) is 25.6. The highest BCUT2D eigenvalue weighted by Crippen LogP contribution is 2.41. The molecule has 0 aliphatic carbocycles. The molecule has 2 aromatic rings. The Kier molecular flexibility index (Phi) is 9.69. The summed E-state index contributed by atoms with van der Waals surface area (Å²) in [7, 11) is 0. The van der Waals surface area contributed by atoms with Crippen molar-refractivity contribution >= 4 is 23.5 Å². The molecule has 8 nitrogen and oxygen atoms in total. The first kappa shape index (κ1) is 31.0. The van der Waals surface area contributed by atoms with E-state index in [2.05, 4.69) is 19.9 Å². The Balaban J connectivity index is 1.49. The molecule has 2 fully saturated rings. The lowest BCUT2D eigenvalue weighted by Gasteiger charge is -2.35. The summed E-state index contributed by atoms with van der Waals surface area (Å²) in [5, 5.41) is 10.6. The third-order valence-corrected chi connectivity index (χ3v) is 9.39. The van der Waals surface area contributed by atoms with Crippen molar-refractivity contribution in [1.29, 1.82) is 0 Å². The molecule has 0 aromatic heterocycles. The van der Waals surface area contributed by atoms with E-state index in [9.17, 15) is 23.9 Å². The Morgan fingerprint density at radius 3 is 2.53 bits per heavy atom. The number of carbonyl (C=O) groups is 3. The topological polar surface area (TPSA) is 90.4 Å². The van der Waals surface area contributed by atoms with Gasteiger partial charge in [0.05, 0.1) is 19.1 Å². The maximum Gasteiger partial charge on any atom is 0.308 e. The first-order valence-corrected chi connectivity index (χ1v) is 15.8. The second kappa shape index (κ2) is 13.5. The fraction of sp³-hybridized carbons (Fsp3) is 0.559. The van der Waals surface area contributed by atoms with Crippen molar-refractivity contribution in [1.82, 2.24) is 9.80 Å². The Morgan fingerprint density at radius 1 is 1.12 bits per heavy atom. The van der Waals surface area contributed by atoms with E-state index in [0.717, 1.165) is 55.4 Å². The van der Waals surface area contributed by atoms with Gasteiger partial charge in [0.2, 0.25) is 11.8 Å². The van der Waals surface area contributed by atoms with Gasteiger partial charge in [-0.15, -0.1) is 0 Å². The predicted octanol–water partition coefficient (Wildman–Crippen LogP) is 5.16. The maximum absolute atomic E-state index is 14.4. The highest BCUT2D eigenvalue weighted by atomic mass is 19.1. The van der Waals surface area contributed by atoms with Crippen LogP contribution in [-0.4, -0.2) is 77.6 Å². The van der Waals surface area contributed by atoms with Crippen molar-refractivity contribution in [2.75, 3.05) is 37.7 Å². The van der Waals surface area contributed by atoms with Crippen molar-refractivity contribution in [2.24, 2.45) is 5.92 Å². The molecule has 2 saturated heterocycles. The minimum Gasteiger partial charge on any atom is -0.493 e. The number of nitrogens with zero attached hydrogens (tertiary/aromatic N) is 3. The summed E-state index contributed by atoms with van der Waals surface area (Å²) >= 11 is 0. The number of rotatable bonds is 12. The lowest BCUT2D eigenvalue weighted by atomic mass is 9.84. The molecule has 0 unspecified atom stereocenters. The average Bonchev–Trinajstić information content (AvgIpc) is 3.70. The van der Waals surface area contributed by atoms with Gasteiger partial charge < -0.3 is 19.6 Å². The Hall–Kier alpha value is -3.46. The van der Waals surface area contributed by atoms with E-state index in [-0.39, 0.29) is 42.7 Å². The standard InChI is InChI=1S/C34H44FN3O5/c1-4-7-25(8-5-2)38(26-11-12-28(35)22(3)17-26)32(40)21-37-19-27(23-10-13-30-24(18-23)14-16-43-30)33(34(41)42)29(37)20-36-15-6-9-31(36)39/h10-13,17-18,25,27,29,33H,4-9,14-16,19-21H2,1-3H3,(H,41,42)/t27-,29+,33-/m1/s1. The highest BCUT2D eigenvalue weighted by molar-refractivity contribution is 5.95. The van der Waals surface area contributed by atoms with Crippen molar-refractivity contribution in [3.05, 3.63) is 58.9 Å². The van der Waals surface area contributed by atoms with Crippen molar-refractivity contribution in [3.8, 4) is 5.75 Å². The lowest BCUT2D eigenvalue weighted by Crippen LogP contribution is -2.51. The maximum atomic E-state index is 14.4. The van der Waals surface area contributed by atoms with E-state index in [1.165, 1.54) is 6.07 Å². The summed E-state index contributed by atoms with van der Waals surface area (Å²) in [6, 6.07) is 10.1. The minimum absolute atomic E-state index is 0.0153. The highest BCUT2D eigenvalue weighted by Gasteiger charge is 2.49. The van der Waals surface area contributed by atoms with Gasteiger partial charge in [-0.05, 0) is 67.1 Å². The van der Waals surface area contributed by atoms with Crippen LogP contribution in [0.3, 0.4) is 0 Å². The number of carbonyl (C=O) groups excluding carboxylic acids is 2. The van der Waals surface area contributed by atoms with Crippen LogP contribution >= 0.6 is 0 Å². The molecule has 3 aliphatic heterocycles. The van der Waals surface area contributed by atoms with Crippen molar-refractivity contribution in [2.45, 2.75) is 83.7 Å². The number of carboxylic acids is 1. The Bertz CT molecular complexity index is 1340. The molecule has 3 atom stereocenters. The number of halogens is 1. The van der Waals surface area contributed by atoms with Crippen LogP contribution in [-0.2, 0) is 20.8 Å². The molecule has 3 heterocycles. The third kappa shape index (κ3) is 6.56. The van der Waals surface area contributed by atoms with Crippen LogP contribution in [0.15, 0.2) is 36.4 Å². The van der Waals surface area contributed by atoms with Crippen LogP contribution in [0.25, 0.3) is 0 Å². The first-order valence-electron chi connectivity index (χ1n) is 15.8. The zero-order valence-corrected chi connectivity index (χ0v) is 25.6. The molecule has 9 heteroatoms. The summed E-state index contributed by atoms with van der Waals surface area (Å²) in [5.41, 5.74) is 3.12. The lowest BCUT2D eigenvalue weighted by molar-refractivity contribution is -0.144. The number of amides is 2. The van der Waals surface area contributed by atoms with Gasteiger partial charge in [-0.3, -0.25) is 19.3 Å². The smallest absolute Gasteiger partial charge is 0.308 e. The largest absolute Gasteiger partial charge is 0.493 e. The van der Waals surface area contributed by atoms with Crippen LogP contribution in [0, 0.1) is 18.7 Å². The molecule has 2 aromatic carbocycles. The van der Waals surface area contributed by atoms with E-state index >= 15 is 0 Å². The fourth-order valence-electron chi connectivity index (χ4n) is 7.27. The summed E-state index contributed by atoms with van der Waals surface area (Å²) in [6.45, 7) is 7.77. The summed E-state index contributed by atoms with van der Waals surface area (Å²) in [6.07, 6.45) is 5.39. The number of aliphatic carboxylic acids is 1. The molecule has 232 valence electrons.